The fourth-order valence-corrected chi connectivity index (χ4v) is 3.77. The van der Waals surface area contributed by atoms with Crippen molar-refractivity contribution < 1.29 is 17.9 Å². The highest BCUT2D eigenvalue weighted by molar-refractivity contribution is 7.89. The maximum absolute atomic E-state index is 12.2. The highest BCUT2D eigenvalue weighted by Crippen LogP contribution is 2.25. The summed E-state index contributed by atoms with van der Waals surface area (Å²) in [6, 6.07) is 1.42. The number of carbonyl (C=O) groups excluding carboxylic acids is 1. The Kier molecular flexibility index (Phi) is 7.53. The van der Waals surface area contributed by atoms with Crippen LogP contribution in [0, 0.1) is 0 Å². The number of nitrogens with zero attached hydrogens (tertiary/aromatic N) is 1. The Labute approximate surface area is 123 Å². The first-order valence-electron chi connectivity index (χ1n) is 5.22. The molecule has 0 aliphatic heterocycles. The van der Waals surface area contributed by atoms with E-state index in [0.717, 1.165) is 11.3 Å². The number of hydrogen-bond donors (Lipinski definition) is 1. The van der Waals surface area contributed by atoms with Gasteiger partial charge in [-0.3, -0.25) is 0 Å². The van der Waals surface area contributed by atoms with Crippen LogP contribution < -0.4 is 5.32 Å². The third-order valence-electron chi connectivity index (χ3n) is 2.36. The standard InChI is InChI=1S/C10H16N2O4S2.ClH/c1-11-5-6-12(2)18(14,15)8-4-7-17-9(8)10(13)16-3;/h4,7,11H,5-6H2,1-3H3;1H. The van der Waals surface area contributed by atoms with E-state index in [0.29, 0.717) is 13.1 Å². The maximum atomic E-state index is 12.2. The minimum Gasteiger partial charge on any atom is -0.465 e. The summed E-state index contributed by atoms with van der Waals surface area (Å²) < 4.78 is 30.2. The van der Waals surface area contributed by atoms with Crippen molar-refractivity contribution in [3.05, 3.63) is 16.3 Å². The van der Waals surface area contributed by atoms with E-state index in [9.17, 15) is 13.2 Å². The Morgan fingerprint density at radius 1 is 1.53 bits per heavy atom. The molecule has 1 heterocycles. The van der Waals surface area contributed by atoms with Crippen molar-refractivity contribution in [1.29, 1.82) is 0 Å². The number of ether oxygens (including phenoxy) is 1. The minimum atomic E-state index is -3.65. The summed E-state index contributed by atoms with van der Waals surface area (Å²) in [6.45, 7) is 0.864. The maximum Gasteiger partial charge on any atom is 0.349 e. The summed E-state index contributed by atoms with van der Waals surface area (Å²) in [4.78, 5) is 11.6. The van der Waals surface area contributed by atoms with Gasteiger partial charge < -0.3 is 10.1 Å². The number of sulfonamides is 1. The number of nitrogens with one attached hydrogen (secondary N) is 1. The summed E-state index contributed by atoms with van der Waals surface area (Å²) in [5.41, 5.74) is 0. The number of halogens is 1. The van der Waals surface area contributed by atoms with Gasteiger partial charge in [0.1, 0.15) is 9.77 Å². The number of carbonyl (C=O) groups is 1. The van der Waals surface area contributed by atoms with Crippen LogP contribution in [0.2, 0.25) is 0 Å². The van der Waals surface area contributed by atoms with Crippen molar-refractivity contribution in [2.45, 2.75) is 4.90 Å². The van der Waals surface area contributed by atoms with Gasteiger partial charge in [-0.2, -0.15) is 4.31 Å². The second-order valence-corrected chi connectivity index (χ2v) is 6.47. The minimum absolute atomic E-state index is 0. The number of likely N-dealkylation sites (N-methyl/N-ethyl adjacent to an activating group) is 2. The van der Waals surface area contributed by atoms with Crippen LogP contribution in [0.1, 0.15) is 9.67 Å². The molecule has 0 unspecified atom stereocenters. The first-order chi connectivity index (χ1) is 8.45. The van der Waals surface area contributed by atoms with E-state index >= 15 is 0 Å². The van der Waals surface area contributed by atoms with Crippen molar-refractivity contribution in [2.24, 2.45) is 0 Å². The van der Waals surface area contributed by atoms with E-state index in [1.165, 1.54) is 24.5 Å². The summed E-state index contributed by atoms with van der Waals surface area (Å²) in [6.07, 6.45) is 0. The Morgan fingerprint density at radius 3 is 2.68 bits per heavy atom. The third-order valence-corrected chi connectivity index (χ3v) is 5.29. The van der Waals surface area contributed by atoms with Crippen LogP contribution in [0.4, 0.5) is 0 Å². The Bertz CT molecular complexity index is 515. The van der Waals surface area contributed by atoms with Crippen molar-refractivity contribution in [3.8, 4) is 0 Å². The summed E-state index contributed by atoms with van der Waals surface area (Å²) in [5, 5.41) is 4.43. The number of esters is 1. The molecule has 0 amide bonds. The second-order valence-electron chi connectivity index (χ2n) is 3.54. The predicted octanol–water partition coefficient (Wildman–Crippen LogP) is 0.796. The van der Waals surface area contributed by atoms with Gasteiger partial charge in [-0.25, -0.2) is 13.2 Å². The SMILES string of the molecule is CNCCN(C)S(=O)(=O)c1ccsc1C(=O)OC.Cl. The summed E-state index contributed by atoms with van der Waals surface area (Å²) in [7, 11) is 0.793. The molecule has 1 aromatic heterocycles. The smallest absolute Gasteiger partial charge is 0.349 e. The molecule has 6 nitrogen and oxygen atoms in total. The van der Waals surface area contributed by atoms with Gasteiger partial charge in [-0.1, -0.05) is 0 Å². The molecule has 0 saturated heterocycles. The summed E-state index contributed by atoms with van der Waals surface area (Å²) >= 11 is 1.05. The molecule has 1 N–H and O–H groups in total. The van der Waals surface area contributed by atoms with Crippen LogP contribution in [0.3, 0.4) is 0 Å². The number of rotatable bonds is 6. The van der Waals surface area contributed by atoms with Crippen LogP contribution in [0.15, 0.2) is 16.3 Å². The van der Waals surface area contributed by atoms with Gasteiger partial charge in [0.05, 0.1) is 7.11 Å². The molecule has 0 radical (unpaired) electrons. The molecule has 0 bridgehead atoms. The van der Waals surface area contributed by atoms with Gasteiger partial charge in [-0.05, 0) is 18.5 Å². The van der Waals surface area contributed by atoms with Crippen molar-refractivity contribution in [1.82, 2.24) is 9.62 Å². The first kappa shape index (κ1) is 18.3. The Morgan fingerprint density at radius 2 is 2.16 bits per heavy atom. The number of methoxy groups -OCH3 is 1. The van der Waals surface area contributed by atoms with Gasteiger partial charge in [0, 0.05) is 20.1 Å². The molecule has 19 heavy (non-hydrogen) atoms. The quantitative estimate of drug-likeness (QED) is 0.782. The molecule has 1 rings (SSSR count). The lowest BCUT2D eigenvalue weighted by Gasteiger charge is -2.16. The molecule has 0 saturated carbocycles. The molecule has 0 atom stereocenters. The van der Waals surface area contributed by atoms with E-state index < -0.39 is 16.0 Å². The molecule has 0 fully saturated rings. The third kappa shape index (κ3) is 4.15. The second kappa shape index (κ2) is 7.81. The lowest BCUT2D eigenvalue weighted by molar-refractivity contribution is 0.0602. The fourth-order valence-electron chi connectivity index (χ4n) is 1.30. The molecule has 1 aromatic rings. The van der Waals surface area contributed by atoms with Crippen LogP contribution in [0.25, 0.3) is 0 Å². The van der Waals surface area contributed by atoms with Crippen molar-refractivity contribution in [2.75, 3.05) is 34.3 Å². The van der Waals surface area contributed by atoms with Crippen molar-refractivity contribution >= 4 is 39.7 Å². The van der Waals surface area contributed by atoms with E-state index in [2.05, 4.69) is 10.1 Å². The average molecular weight is 329 g/mol. The molecule has 0 aliphatic rings. The van der Waals surface area contributed by atoms with E-state index in [4.69, 9.17) is 0 Å². The molecule has 110 valence electrons. The zero-order valence-electron chi connectivity index (χ0n) is 10.9. The Balaban J connectivity index is 0.00000324. The van der Waals surface area contributed by atoms with Crippen molar-refractivity contribution in [3.63, 3.8) is 0 Å². The van der Waals surface area contributed by atoms with Crippen LogP contribution in [-0.2, 0) is 14.8 Å². The lowest BCUT2D eigenvalue weighted by Crippen LogP contribution is -2.33. The van der Waals surface area contributed by atoms with Gasteiger partial charge >= 0.3 is 5.97 Å². The largest absolute Gasteiger partial charge is 0.465 e. The molecule has 9 heteroatoms. The number of thiophene rings is 1. The lowest BCUT2D eigenvalue weighted by atomic mass is 10.5. The van der Waals surface area contributed by atoms with Gasteiger partial charge in [0.2, 0.25) is 10.0 Å². The normalized spacial score (nSPS) is 11.2. The molecular formula is C10H17ClN2O4S2. The van der Waals surface area contributed by atoms with E-state index in [1.54, 1.807) is 12.4 Å². The monoisotopic (exact) mass is 328 g/mol. The highest BCUT2D eigenvalue weighted by Gasteiger charge is 2.27. The van der Waals surface area contributed by atoms with Gasteiger partial charge in [0.25, 0.3) is 0 Å². The van der Waals surface area contributed by atoms with Crippen LogP contribution in [-0.4, -0.2) is 53.0 Å². The van der Waals surface area contributed by atoms with Crippen LogP contribution >= 0.6 is 23.7 Å². The zero-order chi connectivity index (χ0) is 13.8. The highest BCUT2D eigenvalue weighted by atomic mass is 35.5. The van der Waals surface area contributed by atoms with Gasteiger partial charge in [0.15, 0.2) is 0 Å². The van der Waals surface area contributed by atoms with E-state index in [1.807, 2.05) is 0 Å². The first-order valence-corrected chi connectivity index (χ1v) is 7.54. The topological polar surface area (TPSA) is 75.7 Å². The fraction of sp³-hybridized carbons (Fsp3) is 0.500. The van der Waals surface area contributed by atoms with Crippen LogP contribution in [0.5, 0.6) is 0 Å². The number of hydrogen-bond acceptors (Lipinski definition) is 6. The average Bonchev–Trinajstić information content (AvgIpc) is 2.84. The predicted molar refractivity (Wildman–Crippen MR) is 76.6 cm³/mol. The molecule has 0 spiro atoms. The molecule has 0 aliphatic carbocycles. The Hall–Kier alpha value is -0.670. The summed E-state index contributed by atoms with van der Waals surface area (Å²) in [5.74, 6) is -0.634. The van der Waals surface area contributed by atoms with E-state index in [-0.39, 0.29) is 22.2 Å². The zero-order valence-corrected chi connectivity index (χ0v) is 13.3. The molecular weight excluding hydrogens is 312 g/mol. The van der Waals surface area contributed by atoms with Gasteiger partial charge in [-0.15, -0.1) is 23.7 Å². The molecule has 0 aromatic carbocycles.